The molecule has 106 valence electrons. The number of hydrogen-bond acceptors (Lipinski definition) is 4. The summed E-state index contributed by atoms with van der Waals surface area (Å²) in [5, 5.41) is 5.78. The maximum atomic E-state index is 12.2. The van der Waals surface area contributed by atoms with Crippen LogP contribution in [-0.2, 0) is 6.54 Å². The standard InChI is InChI=1S/C14H23N3OS/c1-9(2)10-5-3-4-6-11(10)17-14(18)12-8-19-13(7-15)16-12/h8-11H,3-7,15H2,1-2H3,(H,17,18). The number of rotatable bonds is 4. The van der Waals surface area contributed by atoms with Crippen molar-refractivity contribution in [3.05, 3.63) is 16.1 Å². The first kappa shape index (κ1) is 14.5. The van der Waals surface area contributed by atoms with E-state index in [0.29, 0.717) is 30.1 Å². The molecule has 1 saturated carbocycles. The van der Waals surface area contributed by atoms with E-state index in [1.54, 1.807) is 5.38 Å². The van der Waals surface area contributed by atoms with Crippen molar-refractivity contribution in [2.24, 2.45) is 17.6 Å². The van der Waals surface area contributed by atoms with Crippen LogP contribution in [0.4, 0.5) is 0 Å². The molecule has 5 heteroatoms. The molecule has 0 aliphatic heterocycles. The molecule has 0 aromatic carbocycles. The van der Waals surface area contributed by atoms with Crippen LogP contribution >= 0.6 is 11.3 Å². The molecular formula is C14H23N3OS. The fourth-order valence-electron chi connectivity index (χ4n) is 2.89. The maximum absolute atomic E-state index is 12.2. The minimum Gasteiger partial charge on any atom is -0.348 e. The van der Waals surface area contributed by atoms with Crippen LogP contribution in [0.1, 0.15) is 55.0 Å². The normalized spacial score (nSPS) is 23.6. The molecule has 2 atom stereocenters. The molecule has 19 heavy (non-hydrogen) atoms. The van der Waals surface area contributed by atoms with Crippen LogP contribution in [0.5, 0.6) is 0 Å². The zero-order valence-electron chi connectivity index (χ0n) is 11.7. The summed E-state index contributed by atoms with van der Waals surface area (Å²) in [5.74, 6) is 1.15. The summed E-state index contributed by atoms with van der Waals surface area (Å²) in [6.07, 6.45) is 4.79. The molecule has 1 aliphatic rings. The topological polar surface area (TPSA) is 68.0 Å². The van der Waals surface area contributed by atoms with Crippen LogP contribution in [0.25, 0.3) is 0 Å². The van der Waals surface area contributed by atoms with Crippen molar-refractivity contribution in [3.8, 4) is 0 Å². The van der Waals surface area contributed by atoms with E-state index in [1.165, 1.54) is 30.6 Å². The minimum atomic E-state index is -0.0477. The van der Waals surface area contributed by atoms with E-state index in [-0.39, 0.29) is 5.91 Å². The number of thiazole rings is 1. The number of nitrogens with one attached hydrogen (secondary N) is 1. The summed E-state index contributed by atoms with van der Waals surface area (Å²) < 4.78 is 0. The lowest BCUT2D eigenvalue weighted by atomic mass is 9.78. The highest BCUT2D eigenvalue weighted by molar-refractivity contribution is 7.09. The Morgan fingerprint density at radius 3 is 2.89 bits per heavy atom. The van der Waals surface area contributed by atoms with Gasteiger partial charge in [0.25, 0.3) is 5.91 Å². The summed E-state index contributed by atoms with van der Waals surface area (Å²) in [4.78, 5) is 16.4. The zero-order chi connectivity index (χ0) is 13.8. The van der Waals surface area contributed by atoms with Crippen LogP contribution in [-0.4, -0.2) is 16.9 Å². The predicted octanol–water partition coefficient (Wildman–Crippen LogP) is 2.55. The predicted molar refractivity (Wildman–Crippen MR) is 78.1 cm³/mol. The minimum absolute atomic E-state index is 0.0477. The molecule has 0 radical (unpaired) electrons. The van der Waals surface area contributed by atoms with E-state index >= 15 is 0 Å². The third kappa shape index (κ3) is 3.54. The number of carbonyl (C=O) groups excluding carboxylic acids is 1. The lowest BCUT2D eigenvalue weighted by Gasteiger charge is -2.34. The lowest BCUT2D eigenvalue weighted by molar-refractivity contribution is 0.0884. The van der Waals surface area contributed by atoms with Gasteiger partial charge in [-0.3, -0.25) is 4.79 Å². The van der Waals surface area contributed by atoms with Gasteiger partial charge >= 0.3 is 0 Å². The molecule has 4 nitrogen and oxygen atoms in total. The Morgan fingerprint density at radius 2 is 2.26 bits per heavy atom. The van der Waals surface area contributed by atoms with Crippen LogP contribution in [0, 0.1) is 11.8 Å². The van der Waals surface area contributed by atoms with Gasteiger partial charge in [0, 0.05) is 18.0 Å². The van der Waals surface area contributed by atoms with Gasteiger partial charge in [-0.2, -0.15) is 0 Å². The van der Waals surface area contributed by atoms with E-state index < -0.39 is 0 Å². The Kier molecular flexibility index (Phi) is 4.93. The fourth-order valence-corrected chi connectivity index (χ4v) is 3.54. The van der Waals surface area contributed by atoms with Gasteiger partial charge in [0.05, 0.1) is 0 Å². The summed E-state index contributed by atoms with van der Waals surface area (Å²) in [7, 11) is 0. The number of nitrogens with zero attached hydrogens (tertiary/aromatic N) is 1. The largest absolute Gasteiger partial charge is 0.348 e. The second kappa shape index (κ2) is 6.48. The Balaban J connectivity index is 2.00. The molecule has 0 bridgehead atoms. The molecule has 2 unspecified atom stereocenters. The van der Waals surface area contributed by atoms with Gasteiger partial charge in [-0.15, -0.1) is 11.3 Å². The van der Waals surface area contributed by atoms with Gasteiger partial charge in [-0.25, -0.2) is 4.98 Å². The second-order valence-corrected chi connectivity index (χ2v) is 6.55. The van der Waals surface area contributed by atoms with Crippen molar-refractivity contribution >= 4 is 17.2 Å². The molecular weight excluding hydrogens is 258 g/mol. The number of nitrogens with two attached hydrogens (primary N) is 1. The monoisotopic (exact) mass is 281 g/mol. The molecule has 1 fully saturated rings. The maximum Gasteiger partial charge on any atom is 0.270 e. The molecule has 1 aliphatic carbocycles. The van der Waals surface area contributed by atoms with Gasteiger partial charge < -0.3 is 11.1 Å². The highest BCUT2D eigenvalue weighted by Gasteiger charge is 2.29. The van der Waals surface area contributed by atoms with Gasteiger partial charge in [-0.05, 0) is 24.7 Å². The SMILES string of the molecule is CC(C)C1CCCCC1NC(=O)c1csc(CN)n1. The van der Waals surface area contributed by atoms with Crippen LogP contribution in [0.15, 0.2) is 5.38 Å². The second-order valence-electron chi connectivity index (χ2n) is 5.60. The van der Waals surface area contributed by atoms with Crippen molar-refractivity contribution < 1.29 is 4.79 Å². The first-order valence-corrected chi connectivity index (χ1v) is 7.95. The summed E-state index contributed by atoms with van der Waals surface area (Å²) in [5.41, 5.74) is 6.04. The Hall–Kier alpha value is -0.940. The van der Waals surface area contributed by atoms with Gasteiger partial charge in [0.15, 0.2) is 0 Å². The highest BCUT2D eigenvalue weighted by atomic mass is 32.1. The van der Waals surface area contributed by atoms with Gasteiger partial charge in [0.2, 0.25) is 0 Å². The van der Waals surface area contributed by atoms with Crippen LogP contribution < -0.4 is 11.1 Å². The third-order valence-electron chi connectivity index (χ3n) is 3.95. The van der Waals surface area contributed by atoms with E-state index in [9.17, 15) is 4.79 Å². The van der Waals surface area contributed by atoms with Crippen LogP contribution in [0.2, 0.25) is 0 Å². The number of hydrogen-bond donors (Lipinski definition) is 2. The summed E-state index contributed by atoms with van der Waals surface area (Å²) in [6.45, 7) is 4.88. The Bertz CT molecular complexity index is 430. The van der Waals surface area contributed by atoms with E-state index in [0.717, 1.165) is 11.4 Å². The average molecular weight is 281 g/mol. The van der Waals surface area contributed by atoms with E-state index in [2.05, 4.69) is 24.1 Å². The number of amides is 1. The van der Waals surface area contributed by atoms with Gasteiger partial charge in [-0.1, -0.05) is 26.7 Å². The van der Waals surface area contributed by atoms with Crippen molar-refractivity contribution in [1.82, 2.24) is 10.3 Å². The van der Waals surface area contributed by atoms with Crippen molar-refractivity contribution in [2.75, 3.05) is 0 Å². The molecule has 0 spiro atoms. The Labute approximate surface area is 118 Å². The Morgan fingerprint density at radius 1 is 1.53 bits per heavy atom. The van der Waals surface area contributed by atoms with Crippen molar-refractivity contribution in [3.63, 3.8) is 0 Å². The molecule has 1 aromatic rings. The first-order chi connectivity index (χ1) is 9.11. The molecule has 2 rings (SSSR count). The van der Waals surface area contributed by atoms with E-state index in [1.807, 2.05) is 0 Å². The molecule has 3 N–H and O–H groups in total. The van der Waals surface area contributed by atoms with Crippen molar-refractivity contribution in [2.45, 2.75) is 52.1 Å². The smallest absolute Gasteiger partial charge is 0.270 e. The summed E-state index contributed by atoms with van der Waals surface area (Å²) >= 11 is 1.45. The van der Waals surface area contributed by atoms with Crippen LogP contribution in [0.3, 0.4) is 0 Å². The van der Waals surface area contributed by atoms with Gasteiger partial charge in [0.1, 0.15) is 10.7 Å². The molecule has 1 aromatic heterocycles. The van der Waals surface area contributed by atoms with E-state index in [4.69, 9.17) is 5.73 Å². The zero-order valence-corrected chi connectivity index (χ0v) is 12.5. The molecule has 1 amide bonds. The molecule has 1 heterocycles. The average Bonchev–Trinajstić information content (AvgIpc) is 2.88. The highest BCUT2D eigenvalue weighted by Crippen LogP contribution is 2.30. The number of carbonyl (C=O) groups is 1. The summed E-state index contributed by atoms with van der Waals surface area (Å²) in [6, 6.07) is 0.296. The lowest BCUT2D eigenvalue weighted by Crippen LogP contribution is -2.44. The molecule has 0 saturated heterocycles. The first-order valence-electron chi connectivity index (χ1n) is 7.07. The quantitative estimate of drug-likeness (QED) is 0.891. The third-order valence-corrected chi connectivity index (χ3v) is 4.82. The fraction of sp³-hybridized carbons (Fsp3) is 0.714. The number of aromatic nitrogens is 1. The van der Waals surface area contributed by atoms with Crippen molar-refractivity contribution in [1.29, 1.82) is 0 Å².